The van der Waals surface area contributed by atoms with Crippen molar-refractivity contribution in [3.63, 3.8) is 0 Å². The van der Waals surface area contributed by atoms with Crippen molar-refractivity contribution in [1.29, 1.82) is 0 Å². The van der Waals surface area contributed by atoms with E-state index < -0.39 is 0 Å². The molecule has 0 aliphatic carbocycles. The first-order valence-corrected chi connectivity index (χ1v) is 6.44. The summed E-state index contributed by atoms with van der Waals surface area (Å²) in [4.78, 5) is 11.7. The van der Waals surface area contributed by atoms with E-state index in [1.807, 2.05) is 13.8 Å². The molecule has 4 nitrogen and oxygen atoms in total. The third kappa shape index (κ3) is 6.03. The molecule has 1 rings (SSSR count). The summed E-state index contributed by atoms with van der Waals surface area (Å²) >= 11 is 0. The normalized spacial score (nSPS) is 20.0. The summed E-state index contributed by atoms with van der Waals surface area (Å²) in [5.41, 5.74) is 5.79. The first kappa shape index (κ1) is 14.5. The van der Waals surface area contributed by atoms with Gasteiger partial charge in [-0.1, -0.05) is 6.92 Å². The zero-order valence-electron chi connectivity index (χ0n) is 11.3. The third-order valence-electron chi connectivity index (χ3n) is 3.41. The Bertz CT molecular complexity index is 253. The Morgan fingerprint density at radius 1 is 1.41 bits per heavy atom. The van der Waals surface area contributed by atoms with Gasteiger partial charge in [-0.05, 0) is 38.5 Å². The van der Waals surface area contributed by atoms with Crippen molar-refractivity contribution in [2.75, 3.05) is 19.8 Å². The molecule has 17 heavy (non-hydrogen) atoms. The van der Waals surface area contributed by atoms with Crippen molar-refractivity contribution in [3.05, 3.63) is 0 Å². The van der Waals surface area contributed by atoms with Gasteiger partial charge in [0, 0.05) is 31.7 Å². The van der Waals surface area contributed by atoms with Crippen LogP contribution in [0.4, 0.5) is 0 Å². The van der Waals surface area contributed by atoms with Gasteiger partial charge in [0.2, 0.25) is 5.91 Å². The van der Waals surface area contributed by atoms with Crippen LogP contribution in [0.3, 0.4) is 0 Å². The predicted octanol–water partition coefficient (Wildman–Crippen LogP) is 1.44. The fourth-order valence-corrected chi connectivity index (χ4v) is 1.88. The van der Waals surface area contributed by atoms with E-state index in [1.54, 1.807) is 0 Å². The van der Waals surface area contributed by atoms with Crippen molar-refractivity contribution in [2.45, 2.75) is 52.0 Å². The first-order valence-electron chi connectivity index (χ1n) is 6.44. The molecule has 0 saturated carbocycles. The number of carbonyl (C=O) groups excluding carboxylic acids is 1. The molecular weight excluding hydrogens is 216 g/mol. The van der Waals surface area contributed by atoms with E-state index in [0.29, 0.717) is 6.42 Å². The number of hydrogen-bond acceptors (Lipinski definition) is 3. The van der Waals surface area contributed by atoms with Crippen molar-refractivity contribution < 1.29 is 9.53 Å². The van der Waals surface area contributed by atoms with Crippen LogP contribution in [0, 0.1) is 5.41 Å². The molecule has 1 saturated heterocycles. The Morgan fingerprint density at radius 3 is 2.53 bits per heavy atom. The van der Waals surface area contributed by atoms with Gasteiger partial charge in [-0.25, -0.2) is 0 Å². The summed E-state index contributed by atoms with van der Waals surface area (Å²) in [7, 11) is 0. The molecular formula is C13H26N2O2. The number of rotatable bonds is 5. The SMILES string of the molecule is CC(C)(N)CCC(=O)NCC1(C)CCOCC1. The minimum atomic E-state index is -0.264. The molecule has 1 aliphatic heterocycles. The van der Waals surface area contributed by atoms with Gasteiger partial charge >= 0.3 is 0 Å². The molecule has 0 unspecified atom stereocenters. The highest BCUT2D eigenvalue weighted by Gasteiger charge is 2.27. The second-order valence-electron chi connectivity index (χ2n) is 6.19. The summed E-state index contributed by atoms with van der Waals surface area (Å²) in [6, 6.07) is 0. The Kier molecular flexibility index (Phi) is 4.95. The van der Waals surface area contributed by atoms with Crippen LogP contribution < -0.4 is 11.1 Å². The minimum absolute atomic E-state index is 0.108. The van der Waals surface area contributed by atoms with Crippen LogP contribution >= 0.6 is 0 Å². The maximum atomic E-state index is 11.7. The van der Waals surface area contributed by atoms with Gasteiger partial charge in [0.05, 0.1) is 0 Å². The lowest BCUT2D eigenvalue weighted by molar-refractivity contribution is -0.122. The highest BCUT2D eigenvalue weighted by atomic mass is 16.5. The average Bonchev–Trinajstić information content (AvgIpc) is 2.24. The quantitative estimate of drug-likeness (QED) is 0.766. The molecule has 0 radical (unpaired) electrons. The molecule has 0 aromatic rings. The van der Waals surface area contributed by atoms with Crippen LogP contribution in [0.15, 0.2) is 0 Å². The van der Waals surface area contributed by atoms with Gasteiger partial charge in [0.15, 0.2) is 0 Å². The standard InChI is InChI=1S/C13H26N2O2/c1-12(2,14)5-4-11(16)15-10-13(3)6-8-17-9-7-13/h4-10,14H2,1-3H3,(H,15,16). The first-order chi connectivity index (χ1) is 7.81. The Hall–Kier alpha value is -0.610. The van der Waals surface area contributed by atoms with Crippen molar-refractivity contribution in [2.24, 2.45) is 11.1 Å². The molecule has 0 atom stereocenters. The lowest BCUT2D eigenvalue weighted by atomic mass is 9.82. The number of ether oxygens (including phenoxy) is 1. The Balaban J connectivity index is 2.23. The van der Waals surface area contributed by atoms with Crippen molar-refractivity contribution >= 4 is 5.91 Å². The van der Waals surface area contributed by atoms with Gasteiger partial charge in [-0.2, -0.15) is 0 Å². The highest BCUT2D eigenvalue weighted by Crippen LogP contribution is 2.28. The molecule has 0 aromatic carbocycles. The summed E-state index contributed by atoms with van der Waals surface area (Å²) in [6.07, 6.45) is 3.28. The summed E-state index contributed by atoms with van der Waals surface area (Å²) in [5.74, 6) is 0.108. The van der Waals surface area contributed by atoms with Gasteiger partial charge in [0.25, 0.3) is 0 Å². The average molecular weight is 242 g/mol. The van der Waals surface area contributed by atoms with Gasteiger partial charge in [0.1, 0.15) is 0 Å². The molecule has 1 amide bonds. The predicted molar refractivity (Wildman–Crippen MR) is 68.7 cm³/mol. The van der Waals surface area contributed by atoms with E-state index in [1.165, 1.54) is 0 Å². The number of nitrogens with one attached hydrogen (secondary N) is 1. The van der Waals surface area contributed by atoms with Crippen LogP contribution in [0.5, 0.6) is 0 Å². The summed E-state index contributed by atoms with van der Waals surface area (Å²) in [6.45, 7) is 8.47. The van der Waals surface area contributed by atoms with E-state index >= 15 is 0 Å². The monoisotopic (exact) mass is 242 g/mol. The van der Waals surface area contributed by atoms with Gasteiger partial charge < -0.3 is 15.8 Å². The zero-order chi connectivity index (χ0) is 12.9. The van der Waals surface area contributed by atoms with Crippen LogP contribution in [0.1, 0.15) is 46.5 Å². The molecule has 1 fully saturated rings. The number of hydrogen-bond donors (Lipinski definition) is 2. The van der Waals surface area contributed by atoms with Crippen LogP contribution in [-0.4, -0.2) is 31.2 Å². The lowest BCUT2D eigenvalue weighted by Crippen LogP contribution is -2.40. The molecule has 4 heteroatoms. The maximum Gasteiger partial charge on any atom is 0.220 e. The van der Waals surface area contributed by atoms with E-state index in [-0.39, 0.29) is 16.9 Å². The maximum absolute atomic E-state index is 11.7. The zero-order valence-corrected chi connectivity index (χ0v) is 11.3. The molecule has 1 aliphatic rings. The second kappa shape index (κ2) is 5.83. The Morgan fingerprint density at radius 2 is 2.00 bits per heavy atom. The van der Waals surface area contributed by atoms with Crippen molar-refractivity contribution in [3.8, 4) is 0 Å². The van der Waals surface area contributed by atoms with Gasteiger partial charge in [-0.3, -0.25) is 4.79 Å². The minimum Gasteiger partial charge on any atom is -0.381 e. The van der Waals surface area contributed by atoms with E-state index in [9.17, 15) is 4.79 Å². The van der Waals surface area contributed by atoms with Crippen molar-refractivity contribution in [1.82, 2.24) is 5.32 Å². The van der Waals surface area contributed by atoms with E-state index in [0.717, 1.165) is 39.0 Å². The summed E-state index contributed by atoms with van der Waals surface area (Å²) in [5, 5.41) is 3.02. The highest BCUT2D eigenvalue weighted by molar-refractivity contribution is 5.75. The third-order valence-corrected chi connectivity index (χ3v) is 3.41. The molecule has 1 heterocycles. The number of carbonyl (C=O) groups is 1. The number of amides is 1. The molecule has 0 bridgehead atoms. The van der Waals surface area contributed by atoms with E-state index in [2.05, 4.69) is 12.2 Å². The smallest absolute Gasteiger partial charge is 0.220 e. The van der Waals surface area contributed by atoms with E-state index in [4.69, 9.17) is 10.5 Å². The van der Waals surface area contributed by atoms with Crippen LogP contribution in [0.25, 0.3) is 0 Å². The number of nitrogens with two attached hydrogens (primary N) is 1. The largest absolute Gasteiger partial charge is 0.381 e. The molecule has 100 valence electrons. The fourth-order valence-electron chi connectivity index (χ4n) is 1.88. The second-order valence-corrected chi connectivity index (χ2v) is 6.19. The lowest BCUT2D eigenvalue weighted by Gasteiger charge is -2.33. The van der Waals surface area contributed by atoms with Gasteiger partial charge in [-0.15, -0.1) is 0 Å². The Labute approximate surface area is 104 Å². The molecule has 0 spiro atoms. The van der Waals surface area contributed by atoms with Crippen LogP contribution in [0.2, 0.25) is 0 Å². The molecule has 0 aromatic heterocycles. The topological polar surface area (TPSA) is 64.4 Å². The molecule has 3 N–H and O–H groups in total. The van der Waals surface area contributed by atoms with Crippen LogP contribution in [-0.2, 0) is 9.53 Å². The summed E-state index contributed by atoms with van der Waals surface area (Å²) < 4.78 is 5.33. The fraction of sp³-hybridized carbons (Fsp3) is 0.923.